The Morgan fingerprint density at radius 1 is 1.86 bits per heavy atom. The van der Waals surface area contributed by atoms with E-state index in [1.165, 1.54) is 6.92 Å². The van der Waals surface area contributed by atoms with Gasteiger partial charge in [0.1, 0.15) is 4.11 Å². The lowest BCUT2D eigenvalue weighted by Crippen LogP contribution is -2.03. The molecule has 42 valence electrons. The number of carbonyl (C=O) groups is 1. The van der Waals surface area contributed by atoms with Gasteiger partial charge in [0.2, 0.25) is 0 Å². The van der Waals surface area contributed by atoms with Gasteiger partial charge in [0, 0.05) is 6.92 Å². The maximum atomic E-state index is 10.0. The van der Waals surface area contributed by atoms with Gasteiger partial charge in [-0.3, -0.25) is 4.79 Å². The minimum atomic E-state index is -0.220. The van der Waals surface area contributed by atoms with E-state index in [2.05, 4.69) is 4.74 Å². The molecule has 7 heavy (non-hydrogen) atoms. The maximum absolute atomic E-state index is 10.0. The summed E-state index contributed by atoms with van der Waals surface area (Å²) in [6, 6.07) is 0. The first-order valence-electron chi connectivity index (χ1n) is 1.94. The van der Waals surface area contributed by atoms with Crippen LogP contribution in [0.25, 0.3) is 0 Å². The summed E-state index contributed by atoms with van der Waals surface area (Å²) in [5, 5.41) is 0. The number of halogens is 1. The molecule has 2 nitrogen and oxygen atoms in total. The highest BCUT2D eigenvalue weighted by atomic mass is 127. The summed E-state index contributed by atoms with van der Waals surface area (Å²) in [4.78, 5) is 10.0. The second kappa shape index (κ2) is 3.23. The predicted octanol–water partition coefficient (Wildman–Crippen LogP) is 1.33. The molecule has 0 heterocycles. The fraction of sp³-hybridized carbons (Fsp3) is 0.750. The number of esters is 1. The van der Waals surface area contributed by atoms with Gasteiger partial charge >= 0.3 is 5.97 Å². The van der Waals surface area contributed by atoms with Crippen LogP contribution < -0.4 is 0 Å². The zero-order valence-corrected chi connectivity index (χ0v) is 6.43. The van der Waals surface area contributed by atoms with E-state index < -0.39 is 0 Å². The van der Waals surface area contributed by atoms with Crippen LogP contribution in [0.15, 0.2) is 0 Å². The van der Waals surface area contributed by atoms with Crippen molar-refractivity contribution in [3.63, 3.8) is 0 Å². The largest absolute Gasteiger partial charge is 0.452 e. The van der Waals surface area contributed by atoms with Gasteiger partial charge in [-0.25, -0.2) is 0 Å². The molecule has 0 amide bonds. The first kappa shape index (κ1) is 7.20. The van der Waals surface area contributed by atoms with E-state index in [-0.39, 0.29) is 10.1 Å². The quantitative estimate of drug-likeness (QED) is 0.374. The van der Waals surface area contributed by atoms with E-state index in [0.717, 1.165) is 0 Å². The molecular formula is C4H7IO2. The zero-order valence-electron chi connectivity index (χ0n) is 4.27. The Hall–Kier alpha value is 0.200. The van der Waals surface area contributed by atoms with E-state index in [0.29, 0.717) is 0 Å². The molecular weight excluding hydrogens is 207 g/mol. The molecule has 0 aliphatic rings. The van der Waals surface area contributed by atoms with Crippen molar-refractivity contribution in [2.45, 2.75) is 18.0 Å². The molecule has 1 atom stereocenters. The van der Waals surface area contributed by atoms with Gasteiger partial charge in [-0.05, 0) is 29.5 Å². The van der Waals surface area contributed by atoms with Crippen molar-refractivity contribution in [1.29, 1.82) is 0 Å². The molecule has 3 heteroatoms. The molecule has 0 aromatic rings. The van der Waals surface area contributed by atoms with Crippen molar-refractivity contribution in [1.82, 2.24) is 0 Å². The first-order chi connectivity index (χ1) is 3.13. The van der Waals surface area contributed by atoms with Crippen LogP contribution in [0.5, 0.6) is 0 Å². The summed E-state index contributed by atoms with van der Waals surface area (Å²) >= 11 is 2.01. The lowest BCUT2D eigenvalue weighted by atomic mass is 10.8. The highest BCUT2D eigenvalue weighted by Gasteiger charge is 1.95. The monoisotopic (exact) mass is 214 g/mol. The van der Waals surface area contributed by atoms with Crippen LogP contribution in [-0.4, -0.2) is 10.1 Å². The number of ether oxygens (including phenoxy) is 1. The fourth-order valence-electron chi connectivity index (χ4n) is 0.229. The normalized spacial score (nSPS) is 13.0. The average molecular weight is 214 g/mol. The van der Waals surface area contributed by atoms with Crippen LogP contribution in [0, 0.1) is 0 Å². The van der Waals surface area contributed by atoms with Crippen LogP contribution in [-0.2, 0) is 9.53 Å². The van der Waals surface area contributed by atoms with E-state index in [1.807, 2.05) is 29.5 Å². The standard InChI is InChI=1S/C4H7IO2/c1-3(5)7-4(2)6/h3H,1-2H3. The summed E-state index contributed by atoms with van der Waals surface area (Å²) in [7, 11) is 0. The Balaban J connectivity index is 3.13. The summed E-state index contributed by atoms with van der Waals surface area (Å²) in [5.74, 6) is -0.220. The molecule has 0 spiro atoms. The van der Waals surface area contributed by atoms with Gasteiger partial charge in [0.05, 0.1) is 0 Å². The minimum Gasteiger partial charge on any atom is -0.452 e. The number of hydrogen-bond donors (Lipinski definition) is 0. The lowest BCUT2D eigenvalue weighted by molar-refractivity contribution is -0.141. The van der Waals surface area contributed by atoms with E-state index in [4.69, 9.17) is 0 Å². The fourth-order valence-corrected chi connectivity index (χ4v) is 0.587. The van der Waals surface area contributed by atoms with Crippen molar-refractivity contribution in [3.8, 4) is 0 Å². The van der Waals surface area contributed by atoms with Crippen LogP contribution in [0.2, 0.25) is 0 Å². The third kappa shape index (κ3) is 6.20. The second-order valence-electron chi connectivity index (χ2n) is 1.15. The number of rotatable bonds is 1. The van der Waals surface area contributed by atoms with Crippen molar-refractivity contribution >= 4 is 28.6 Å². The molecule has 0 aromatic heterocycles. The third-order valence-electron chi connectivity index (χ3n) is 0.328. The van der Waals surface area contributed by atoms with Crippen molar-refractivity contribution < 1.29 is 9.53 Å². The Labute approximate surface area is 56.4 Å². The first-order valence-corrected chi connectivity index (χ1v) is 3.19. The number of carbonyl (C=O) groups excluding carboxylic acids is 1. The Morgan fingerprint density at radius 2 is 2.29 bits per heavy atom. The summed E-state index contributed by atoms with van der Waals surface area (Å²) in [6.07, 6.45) is 0. The second-order valence-corrected chi connectivity index (χ2v) is 2.91. The van der Waals surface area contributed by atoms with Gasteiger partial charge in [-0.15, -0.1) is 0 Å². The Bertz CT molecular complexity index is 70.1. The van der Waals surface area contributed by atoms with Crippen molar-refractivity contribution in [2.24, 2.45) is 0 Å². The van der Waals surface area contributed by atoms with Crippen molar-refractivity contribution in [2.75, 3.05) is 0 Å². The van der Waals surface area contributed by atoms with Gasteiger partial charge in [-0.2, -0.15) is 0 Å². The molecule has 0 saturated heterocycles. The van der Waals surface area contributed by atoms with Crippen LogP contribution >= 0.6 is 22.6 Å². The SMILES string of the molecule is CC(=O)OC(C)I. The Morgan fingerprint density at radius 3 is 2.29 bits per heavy atom. The molecule has 0 aliphatic carbocycles. The zero-order chi connectivity index (χ0) is 5.86. The molecule has 0 radical (unpaired) electrons. The highest BCUT2D eigenvalue weighted by molar-refractivity contribution is 14.1. The molecule has 0 aliphatic heterocycles. The molecule has 0 rings (SSSR count). The summed E-state index contributed by atoms with van der Waals surface area (Å²) in [6.45, 7) is 3.21. The molecule has 0 bridgehead atoms. The average Bonchev–Trinajstić information content (AvgIpc) is 1.27. The van der Waals surface area contributed by atoms with E-state index >= 15 is 0 Å². The molecule has 0 saturated carbocycles. The lowest BCUT2D eigenvalue weighted by Gasteiger charge is -1.99. The van der Waals surface area contributed by atoms with Crippen LogP contribution in [0.4, 0.5) is 0 Å². The smallest absolute Gasteiger partial charge is 0.303 e. The van der Waals surface area contributed by atoms with Gasteiger partial charge < -0.3 is 4.74 Å². The molecule has 0 N–H and O–H groups in total. The van der Waals surface area contributed by atoms with Crippen LogP contribution in [0.3, 0.4) is 0 Å². The third-order valence-corrected chi connectivity index (χ3v) is 0.583. The summed E-state index contributed by atoms with van der Waals surface area (Å²) in [5.41, 5.74) is 0. The predicted molar refractivity (Wildman–Crippen MR) is 35.2 cm³/mol. The van der Waals surface area contributed by atoms with Gasteiger partial charge in [-0.1, -0.05) is 0 Å². The molecule has 1 unspecified atom stereocenters. The van der Waals surface area contributed by atoms with E-state index in [1.54, 1.807) is 0 Å². The Kier molecular flexibility index (Phi) is 3.33. The maximum Gasteiger partial charge on any atom is 0.303 e. The number of hydrogen-bond acceptors (Lipinski definition) is 2. The van der Waals surface area contributed by atoms with Gasteiger partial charge in [0.15, 0.2) is 0 Å². The topological polar surface area (TPSA) is 26.3 Å². The number of alkyl halides is 1. The van der Waals surface area contributed by atoms with Gasteiger partial charge in [0.25, 0.3) is 0 Å². The summed E-state index contributed by atoms with van der Waals surface area (Å²) < 4.78 is 4.59. The van der Waals surface area contributed by atoms with Crippen LogP contribution in [0.1, 0.15) is 13.8 Å². The molecule has 0 fully saturated rings. The van der Waals surface area contributed by atoms with Crippen molar-refractivity contribution in [3.05, 3.63) is 0 Å². The molecule has 0 aromatic carbocycles. The van der Waals surface area contributed by atoms with E-state index in [9.17, 15) is 4.79 Å². The highest BCUT2D eigenvalue weighted by Crippen LogP contribution is 1.98. The minimum absolute atomic E-state index is 0.00454.